The Kier molecular flexibility index (Phi) is 2.29. The van der Waals surface area contributed by atoms with Crippen LogP contribution in [0.1, 0.15) is 26.2 Å². The number of hydrogen-bond donors (Lipinski definition) is 1. The van der Waals surface area contributed by atoms with Crippen LogP contribution in [0.2, 0.25) is 0 Å². The lowest BCUT2D eigenvalue weighted by molar-refractivity contribution is 0.399. The van der Waals surface area contributed by atoms with Crippen LogP contribution >= 0.6 is 0 Å². The third-order valence-electron chi connectivity index (χ3n) is 2.14. The first-order chi connectivity index (χ1) is 4.34. The van der Waals surface area contributed by atoms with Crippen molar-refractivity contribution in [1.82, 2.24) is 0 Å². The summed E-state index contributed by atoms with van der Waals surface area (Å²) in [6, 6.07) is 0.431. The van der Waals surface area contributed by atoms with Crippen LogP contribution in [0.3, 0.4) is 0 Å². The Bertz CT molecular complexity index is 107. The minimum atomic E-state index is 0.431. The molecule has 1 aliphatic rings. The van der Waals surface area contributed by atoms with Gasteiger partial charge in [-0.1, -0.05) is 25.5 Å². The Labute approximate surface area is 56.9 Å². The zero-order valence-electron chi connectivity index (χ0n) is 6.01. The molecule has 9 heavy (non-hydrogen) atoms. The largest absolute Gasteiger partial charge is 0.327 e. The molecule has 1 rings (SSSR count). The first-order valence-corrected chi connectivity index (χ1v) is 3.75. The minimum absolute atomic E-state index is 0.431. The van der Waals surface area contributed by atoms with Gasteiger partial charge in [0.05, 0.1) is 0 Å². The summed E-state index contributed by atoms with van der Waals surface area (Å²) in [5.74, 6) is 0.745. The maximum absolute atomic E-state index is 5.84. The quantitative estimate of drug-likeness (QED) is 0.530. The lowest BCUT2D eigenvalue weighted by atomic mass is 9.88. The Morgan fingerprint density at radius 3 is 2.56 bits per heavy atom. The van der Waals surface area contributed by atoms with E-state index < -0.39 is 0 Å². The lowest BCUT2D eigenvalue weighted by Gasteiger charge is -2.23. The molecule has 0 aromatic heterocycles. The van der Waals surface area contributed by atoms with Crippen molar-refractivity contribution < 1.29 is 0 Å². The van der Waals surface area contributed by atoms with Gasteiger partial charge >= 0.3 is 0 Å². The maximum atomic E-state index is 5.84. The van der Waals surface area contributed by atoms with Crippen LogP contribution in [0.25, 0.3) is 0 Å². The van der Waals surface area contributed by atoms with Gasteiger partial charge in [-0.25, -0.2) is 0 Å². The molecular weight excluding hydrogens is 110 g/mol. The van der Waals surface area contributed by atoms with Gasteiger partial charge in [0.25, 0.3) is 0 Å². The summed E-state index contributed by atoms with van der Waals surface area (Å²) in [6.45, 7) is 2.21. The molecule has 0 fully saturated rings. The Hall–Kier alpha value is -0.300. The highest BCUT2D eigenvalue weighted by atomic mass is 14.6. The van der Waals surface area contributed by atoms with Crippen molar-refractivity contribution in [3.05, 3.63) is 12.2 Å². The fourth-order valence-electron chi connectivity index (χ4n) is 1.36. The molecule has 1 heteroatoms. The molecule has 0 saturated carbocycles. The van der Waals surface area contributed by atoms with E-state index in [1.807, 2.05) is 0 Å². The Balaban J connectivity index is 2.43. The maximum Gasteiger partial charge on any atom is 0.0105 e. The first kappa shape index (κ1) is 6.81. The third-order valence-corrected chi connectivity index (χ3v) is 2.14. The molecule has 1 aliphatic carbocycles. The second-order valence-electron chi connectivity index (χ2n) is 2.77. The van der Waals surface area contributed by atoms with Crippen molar-refractivity contribution in [2.75, 3.05) is 0 Å². The van der Waals surface area contributed by atoms with Crippen molar-refractivity contribution in [3.63, 3.8) is 0 Å². The van der Waals surface area contributed by atoms with Crippen molar-refractivity contribution in [3.8, 4) is 0 Å². The highest BCUT2D eigenvalue weighted by Gasteiger charge is 2.15. The van der Waals surface area contributed by atoms with E-state index in [1.165, 1.54) is 12.8 Å². The number of nitrogens with two attached hydrogens (primary N) is 1. The van der Waals surface area contributed by atoms with Gasteiger partial charge < -0.3 is 5.73 Å². The van der Waals surface area contributed by atoms with Crippen LogP contribution in [0.15, 0.2) is 12.2 Å². The summed E-state index contributed by atoms with van der Waals surface area (Å²) in [6.07, 6.45) is 7.94. The average molecular weight is 125 g/mol. The first-order valence-electron chi connectivity index (χ1n) is 3.75. The topological polar surface area (TPSA) is 26.0 Å². The van der Waals surface area contributed by atoms with E-state index in [4.69, 9.17) is 5.73 Å². The number of hydrogen-bond acceptors (Lipinski definition) is 1. The van der Waals surface area contributed by atoms with Crippen molar-refractivity contribution >= 4 is 0 Å². The SMILES string of the molecule is CC[C@@H]1CC=CCC1N. The molecule has 1 unspecified atom stereocenters. The summed E-state index contributed by atoms with van der Waals surface area (Å²) in [7, 11) is 0. The molecular formula is C8H15N. The molecule has 0 heterocycles. The van der Waals surface area contributed by atoms with Crippen LogP contribution in [-0.4, -0.2) is 6.04 Å². The molecule has 0 radical (unpaired) electrons. The second-order valence-corrected chi connectivity index (χ2v) is 2.77. The van der Waals surface area contributed by atoms with Gasteiger partial charge in [-0.05, 0) is 18.8 Å². The van der Waals surface area contributed by atoms with Gasteiger partial charge in [0, 0.05) is 6.04 Å². The van der Waals surface area contributed by atoms with Gasteiger partial charge in [0.2, 0.25) is 0 Å². The zero-order valence-corrected chi connectivity index (χ0v) is 6.01. The lowest BCUT2D eigenvalue weighted by Crippen LogP contribution is -2.30. The zero-order chi connectivity index (χ0) is 6.69. The van der Waals surface area contributed by atoms with E-state index in [-0.39, 0.29) is 0 Å². The fourth-order valence-corrected chi connectivity index (χ4v) is 1.36. The standard InChI is InChI=1S/C8H15N/c1-2-7-5-3-4-6-8(7)9/h3-4,7-8H,2,5-6,9H2,1H3/t7-,8?/m1/s1. The smallest absolute Gasteiger partial charge is 0.0105 e. The molecule has 0 aliphatic heterocycles. The van der Waals surface area contributed by atoms with E-state index in [0.717, 1.165) is 12.3 Å². The van der Waals surface area contributed by atoms with Gasteiger partial charge in [-0.2, -0.15) is 0 Å². The van der Waals surface area contributed by atoms with E-state index in [2.05, 4.69) is 19.1 Å². The molecule has 0 amide bonds. The van der Waals surface area contributed by atoms with Crippen LogP contribution < -0.4 is 5.73 Å². The van der Waals surface area contributed by atoms with E-state index in [0.29, 0.717) is 6.04 Å². The molecule has 0 aromatic rings. The van der Waals surface area contributed by atoms with Crippen LogP contribution in [0.5, 0.6) is 0 Å². The van der Waals surface area contributed by atoms with Crippen LogP contribution in [-0.2, 0) is 0 Å². The molecule has 0 aromatic carbocycles. The fraction of sp³-hybridized carbons (Fsp3) is 0.750. The van der Waals surface area contributed by atoms with Crippen LogP contribution in [0.4, 0.5) is 0 Å². The summed E-state index contributed by atoms with van der Waals surface area (Å²) < 4.78 is 0. The summed E-state index contributed by atoms with van der Waals surface area (Å²) in [5, 5.41) is 0. The predicted molar refractivity (Wildman–Crippen MR) is 40.1 cm³/mol. The predicted octanol–water partition coefficient (Wildman–Crippen LogP) is 1.69. The van der Waals surface area contributed by atoms with Gasteiger partial charge in [0.1, 0.15) is 0 Å². The highest BCUT2D eigenvalue weighted by Crippen LogP contribution is 2.19. The molecule has 0 bridgehead atoms. The number of allylic oxidation sites excluding steroid dienone is 1. The van der Waals surface area contributed by atoms with Gasteiger partial charge in [0.15, 0.2) is 0 Å². The highest BCUT2D eigenvalue weighted by molar-refractivity contribution is 4.95. The van der Waals surface area contributed by atoms with E-state index in [1.54, 1.807) is 0 Å². The van der Waals surface area contributed by atoms with Crippen molar-refractivity contribution in [2.45, 2.75) is 32.2 Å². The van der Waals surface area contributed by atoms with Crippen molar-refractivity contribution in [2.24, 2.45) is 11.7 Å². The molecule has 0 spiro atoms. The minimum Gasteiger partial charge on any atom is -0.327 e. The second kappa shape index (κ2) is 3.02. The third kappa shape index (κ3) is 1.55. The Morgan fingerprint density at radius 1 is 1.44 bits per heavy atom. The monoisotopic (exact) mass is 125 g/mol. The molecule has 52 valence electrons. The molecule has 1 nitrogen and oxygen atoms in total. The van der Waals surface area contributed by atoms with Crippen molar-refractivity contribution in [1.29, 1.82) is 0 Å². The van der Waals surface area contributed by atoms with Gasteiger partial charge in [-0.3, -0.25) is 0 Å². The Morgan fingerprint density at radius 2 is 2.11 bits per heavy atom. The van der Waals surface area contributed by atoms with Crippen LogP contribution in [0, 0.1) is 5.92 Å². The van der Waals surface area contributed by atoms with E-state index >= 15 is 0 Å². The molecule has 2 atom stereocenters. The molecule has 0 saturated heterocycles. The summed E-state index contributed by atoms with van der Waals surface area (Å²) in [5.41, 5.74) is 5.84. The normalized spacial score (nSPS) is 34.9. The van der Waals surface area contributed by atoms with E-state index in [9.17, 15) is 0 Å². The van der Waals surface area contributed by atoms with Gasteiger partial charge in [-0.15, -0.1) is 0 Å². The average Bonchev–Trinajstić information content (AvgIpc) is 1.89. The molecule has 2 N–H and O–H groups in total. The number of rotatable bonds is 1. The summed E-state index contributed by atoms with van der Waals surface area (Å²) >= 11 is 0. The summed E-state index contributed by atoms with van der Waals surface area (Å²) in [4.78, 5) is 0.